The van der Waals surface area contributed by atoms with Crippen LogP contribution in [0.4, 0.5) is 4.79 Å². The molecule has 1 N–H and O–H groups in total. The van der Waals surface area contributed by atoms with Crippen molar-refractivity contribution in [3.05, 3.63) is 33.8 Å². The van der Waals surface area contributed by atoms with E-state index in [2.05, 4.69) is 0 Å². The SMILES string of the molecule is CC(C)(C)OC(=O)N1CCC(c2ccc(Cl)c(Cl)c2)[C@H](CO)C1. The third-order valence-electron chi connectivity index (χ3n) is 3.99. The van der Waals surface area contributed by atoms with Crippen LogP contribution in [0.15, 0.2) is 18.2 Å². The number of halogens is 2. The van der Waals surface area contributed by atoms with Crippen LogP contribution in [-0.2, 0) is 4.74 Å². The van der Waals surface area contributed by atoms with E-state index in [1.54, 1.807) is 11.0 Å². The smallest absolute Gasteiger partial charge is 0.410 e. The number of hydrogen-bond donors (Lipinski definition) is 1. The molecule has 0 radical (unpaired) electrons. The van der Waals surface area contributed by atoms with Crippen LogP contribution in [0.2, 0.25) is 10.0 Å². The van der Waals surface area contributed by atoms with Crippen LogP contribution in [0.25, 0.3) is 0 Å². The molecule has 1 aliphatic heterocycles. The van der Waals surface area contributed by atoms with E-state index in [4.69, 9.17) is 27.9 Å². The minimum atomic E-state index is -0.521. The number of likely N-dealkylation sites (tertiary alicyclic amines) is 1. The Morgan fingerprint density at radius 3 is 2.61 bits per heavy atom. The molecule has 23 heavy (non-hydrogen) atoms. The number of hydrogen-bond acceptors (Lipinski definition) is 3. The Kier molecular flexibility index (Phi) is 5.82. The van der Waals surface area contributed by atoms with Gasteiger partial charge in [-0.3, -0.25) is 0 Å². The van der Waals surface area contributed by atoms with Gasteiger partial charge in [-0.1, -0.05) is 29.3 Å². The Hall–Kier alpha value is -0.970. The largest absolute Gasteiger partial charge is 0.444 e. The van der Waals surface area contributed by atoms with Gasteiger partial charge >= 0.3 is 6.09 Å². The second-order valence-corrected chi connectivity index (χ2v) is 7.75. The van der Waals surface area contributed by atoms with E-state index in [1.165, 1.54) is 0 Å². The van der Waals surface area contributed by atoms with E-state index in [0.717, 1.165) is 12.0 Å². The fourth-order valence-corrected chi connectivity index (χ4v) is 3.20. The summed E-state index contributed by atoms with van der Waals surface area (Å²) in [5, 5.41) is 10.8. The molecular weight excluding hydrogens is 337 g/mol. The Balaban J connectivity index is 2.09. The minimum absolute atomic E-state index is 0.00418. The molecule has 6 heteroatoms. The molecule has 1 unspecified atom stereocenters. The quantitative estimate of drug-likeness (QED) is 0.854. The zero-order valence-electron chi connectivity index (χ0n) is 13.7. The van der Waals surface area contributed by atoms with Gasteiger partial charge in [0.1, 0.15) is 5.60 Å². The predicted molar refractivity (Wildman–Crippen MR) is 92.2 cm³/mol. The molecule has 0 aromatic heterocycles. The van der Waals surface area contributed by atoms with Gasteiger partial charge in [-0.15, -0.1) is 0 Å². The number of carbonyl (C=O) groups excluding carboxylic acids is 1. The summed E-state index contributed by atoms with van der Waals surface area (Å²) < 4.78 is 5.41. The Labute approximate surface area is 147 Å². The molecule has 2 atom stereocenters. The first-order chi connectivity index (χ1) is 10.7. The summed E-state index contributed by atoms with van der Waals surface area (Å²) in [7, 11) is 0. The van der Waals surface area contributed by atoms with E-state index in [-0.39, 0.29) is 24.5 Å². The summed E-state index contributed by atoms with van der Waals surface area (Å²) in [5.41, 5.74) is 0.522. The highest BCUT2D eigenvalue weighted by molar-refractivity contribution is 6.42. The normalized spacial score (nSPS) is 22.1. The van der Waals surface area contributed by atoms with Crippen molar-refractivity contribution in [3.63, 3.8) is 0 Å². The summed E-state index contributed by atoms with van der Waals surface area (Å²) in [6.45, 7) is 6.60. The maximum Gasteiger partial charge on any atom is 0.410 e. The van der Waals surface area contributed by atoms with Crippen LogP contribution in [0.1, 0.15) is 38.7 Å². The molecule has 128 valence electrons. The summed E-state index contributed by atoms with van der Waals surface area (Å²) in [4.78, 5) is 13.9. The molecule has 1 heterocycles. The molecule has 0 saturated carbocycles. The van der Waals surface area contributed by atoms with Crippen LogP contribution < -0.4 is 0 Å². The van der Waals surface area contributed by atoms with Crippen LogP contribution in [0, 0.1) is 5.92 Å². The van der Waals surface area contributed by atoms with E-state index in [1.807, 2.05) is 32.9 Å². The van der Waals surface area contributed by atoms with Gasteiger partial charge in [0.2, 0.25) is 0 Å². The zero-order valence-corrected chi connectivity index (χ0v) is 15.2. The zero-order chi connectivity index (χ0) is 17.2. The van der Waals surface area contributed by atoms with Crippen molar-refractivity contribution >= 4 is 29.3 Å². The lowest BCUT2D eigenvalue weighted by atomic mass is 9.81. The third kappa shape index (κ3) is 4.75. The molecule has 0 aliphatic carbocycles. The Morgan fingerprint density at radius 1 is 1.35 bits per heavy atom. The lowest BCUT2D eigenvalue weighted by molar-refractivity contribution is 0.0102. The van der Waals surface area contributed by atoms with E-state index in [9.17, 15) is 9.90 Å². The number of aliphatic hydroxyl groups is 1. The van der Waals surface area contributed by atoms with Crippen molar-refractivity contribution in [2.45, 2.75) is 38.7 Å². The van der Waals surface area contributed by atoms with E-state index < -0.39 is 5.60 Å². The summed E-state index contributed by atoms with van der Waals surface area (Å²) in [6, 6.07) is 5.55. The first-order valence-electron chi connectivity index (χ1n) is 7.75. The van der Waals surface area contributed by atoms with E-state index in [0.29, 0.717) is 23.1 Å². The fourth-order valence-electron chi connectivity index (χ4n) is 2.89. The topological polar surface area (TPSA) is 49.8 Å². The molecule has 0 spiro atoms. The number of amides is 1. The molecular formula is C17H23Cl2NO3. The summed E-state index contributed by atoms with van der Waals surface area (Å²) >= 11 is 12.1. The number of piperidine rings is 1. The first kappa shape index (κ1) is 18.4. The molecule has 4 nitrogen and oxygen atoms in total. The maximum absolute atomic E-state index is 12.2. The van der Waals surface area contributed by atoms with Gasteiger partial charge in [0.05, 0.1) is 10.0 Å². The molecule has 0 bridgehead atoms. The van der Waals surface area contributed by atoms with Gasteiger partial charge in [0, 0.05) is 25.6 Å². The average molecular weight is 360 g/mol. The van der Waals surface area contributed by atoms with Crippen LogP contribution in [0.3, 0.4) is 0 Å². The number of benzene rings is 1. The molecule has 1 amide bonds. The molecule has 1 saturated heterocycles. The van der Waals surface area contributed by atoms with Gasteiger partial charge in [0.25, 0.3) is 0 Å². The van der Waals surface area contributed by atoms with Crippen molar-refractivity contribution in [3.8, 4) is 0 Å². The lowest BCUT2D eigenvalue weighted by Gasteiger charge is -2.38. The van der Waals surface area contributed by atoms with Crippen LogP contribution in [-0.4, -0.2) is 41.4 Å². The Bertz CT molecular complexity index is 571. The monoisotopic (exact) mass is 359 g/mol. The average Bonchev–Trinajstić information content (AvgIpc) is 2.47. The van der Waals surface area contributed by atoms with E-state index >= 15 is 0 Å². The Morgan fingerprint density at radius 2 is 2.04 bits per heavy atom. The lowest BCUT2D eigenvalue weighted by Crippen LogP contribution is -2.46. The number of carbonyl (C=O) groups is 1. The number of aliphatic hydroxyl groups excluding tert-OH is 1. The standard InChI is InChI=1S/C17H23Cl2NO3/c1-17(2,3)23-16(22)20-7-6-13(12(9-20)10-21)11-4-5-14(18)15(19)8-11/h4-5,8,12-13,21H,6-7,9-10H2,1-3H3/t12-,13?/m0/s1. The first-order valence-corrected chi connectivity index (χ1v) is 8.50. The highest BCUT2D eigenvalue weighted by atomic mass is 35.5. The fraction of sp³-hybridized carbons (Fsp3) is 0.588. The van der Waals surface area contributed by atoms with Crippen molar-refractivity contribution in [1.82, 2.24) is 4.90 Å². The van der Waals surface area contributed by atoms with Gasteiger partial charge in [-0.25, -0.2) is 4.79 Å². The highest BCUT2D eigenvalue weighted by Crippen LogP contribution is 2.36. The molecule has 1 aromatic carbocycles. The highest BCUT2D eigenvalue weighted by Gasteiger charge is 2.34. The van der Waals surface area contributed by atoms with Gasteiger partial charge in [-0.2, -0.15) is 0 Å². The number of rotatable bonds is 2. The number of ether oxygens (including phenoxy) is 1. The summed E-state index contributed by atoms with van der Waals surface area (Å²) in [5.74, 6) is 0.0990. The van der Waals surface area contributed by atoms with Gasteiger partial charge < -0.3 is 14.7 Å². The van der Waals surface area contributed by atoms with Crippen LogP contribution in [0.5, 0.6) is 0 Å². The molecule has 1 aromatic rings. The maximum atomic E-state index is 12.2. The molecule has 1 fully saturated rings. The van der Waals surface area contributed by atoms with Crippen LogP contribution >= 0.6 is 23.2 Å². The second kappa shape index (κ2) is 7.29. The molecule has 2 rings (SSSR count). The van der Waals surface area contributed by atoms with Gasteiger partial charge in [-0.05, 0) is 50.8 Å². The van der Waals surface area contributed by atoms with Crippen molar-refractivity contribution in [1.29, 1.82) is 0 Å². The number of nitrogens with zero attached hydrogens (tertiary/aromatic N) is 1. The molecule has 1 aliphatic rings. The second-order valence-electron chi connectivity index (χ2n) is 6.94. The van der Waals surface area contributed by atoms with Crippen molar-refractivity contribution in [2.75, 3.05) is 19.7 Å². The van der Waals surface area contributed by atoms with Crippen molar-refractivity contribution in [2.24, 2.45) is 5.92 Å². The summed E-state index contributed by atoms with van der Waals surface area (Å²) in [6.07, 6.45) is 0.422. The third-order valence-corrected chi connectivity index (χ3v) is 4.73. The predicted octanol–water partition coefficient (Wildman–Crippen LogP) is 4.33. The van der Waals surface area contributed by atoms with Gasteiger partial charge in [0.15, 0.2) is 0 Å². The van der Waals surface area contributed by atoms with Crippen molar-refractivity contribution < 1.29 is 14.6 Å². The minimum Gasteiger partial charge on any atom is -0.444 e.